The molecule has 4 nitrogen and oxygen atoms in total. The third kappa shape index (κ3) is 2.12. The normalized spacial score (nSPS) is 13.4. The fraction of sp³-hybridized carbons (Fsp3) is 0.333. The SMILES string of the molecule is COC/C=C/c1cc2c(cc1OC)OCO2. The second-order valence-electron chi connectivity index (χ2n) is 3.31. The first-order chi connectivity index (χ1) is 7.85. The average Bonchev–Trinajstić information content (AvgIpc) is 2.75. The van der Waals surface area contributed by atoms with Gasteiger partial charge in [0, 0.05) is 18.7 Å². The molecular formula is C12H14O4. The monoisotopic (exact) mass is 222 g/mol. The van der Waals surface area contributed by atoms with E-state index in [1.165, 1.54) is 0 Å². The summed E-state index contributed by atoms with van der Waals surface area (Å²) in [6, 6.07) is 3.72. The van der Waals surface area contributed by atoms with Crippen molar-refractivity contribution in [3.05, 3.63) is 23.8 Å². The second kappa shape index (κ2) is 4.90. The van der Waals surface area contributed by atoms with Crippen molar-refractivity contribution < 1.29 is 18.9 Å². The zero-order chi connectivity index (χ0) is 11.4. The lowest BCUT2D eigenvalue weighted by atomic mass is 10.1. The Morgan fingerprint density at radius 3 is 2.69 bits per heavy atom. The van der Waals surface area contributed by atoms with E-state index in [1.807, 2.05) is 24.3 Å². The molecule has 0 radical (unpaired) electrons. The molecule has 1 heterocycles. The van der Waals surface area contributed by atoms with Crippen molar-refractivity contribution in [3.63, 3.8) is 0 Å². The van der Waals surface area contributed by atoms with Crippen LogP contribution in [-0.2, 0) is 4.74 Å². The molecule has 0 spiro atoms. The van der Waals surface area contributed by atoms with E-state index in [0.717, 1.165) is 22.8 Å². The molecule has 0 amide bonds. The fourth-order valence-electron chi connectivity index (χ4n) is 1.52. The van der Waals surface area contributed by atoms with Gasteiger partial charge in [0.05, 0.1) is 13.7 Å². The van der Waals surface area contributed by atoms with Crippen LogP contribution < -0.4 is 14.2 Å². The van der Waals surface area contributed by atoms with Gasteiger partial charge < -0.3 is 18.9 Å². The number of fused-ring (bicyclic) bond motifs is 1. The van der Waals surface area contributed by atoms with Crippen molar-refractivity contribution in [1.82, 2.24) is 0 Å². The predicted octanol–water partition coefficient (Wildman–Crippen LogP) is 2.08. The summed E-state index contributed by atoms with van der Waals surface area (Å²) >= 11 is 0. The third-order valence-corrected chi connectivity index (χ3v) is 2.29. The quantitative estimate of drug-likeness (QED) is 0.781. The fourth-order valence-corrected chi connectivity index (χ4v) is 1.52. The lowest BCUT2D eigenvalue weighted by molar-refractivity contribution is 0.174. The zero-order valence-corrected chi connectivity index (χ0v) is 9.36. The van der Waals surface area contributed by atoms with E-state index in [0.29, 0.717) is 6.61 Å². The van der Waals surface area contributed by atoms with Crippen LogP contribution in [-0.4, -0.2) is 27.6 Å². The lowest BCUT2D eigenvalue weighted by Gasteiger charge is -2.06. The van der Waals surface area contributed by atoms with Gasteiger partial charge in [0.25, 0.3) is 0 Å². The van der Waals surface area contributed by atoms with E-state index in [2.05, 4.69) is 0 Å². The summed E-state index contributed by atoms with van der Waals surface area (Å²) in [5, 5.41) is 0. The number of methoxy groups -OCH3 is 2. The minimum absolute atomic E-state index is 0.268. The maximum atomic E-state index is 5.30. The molecular weight excluding hydrogens is 208 g/mol. The molecule has 0 unspecified atom stereocenters. The van der Waals surface area contributed by atoms with Crippen molar-refractivity contribution in [1.29, 1.82) is 0 Å². The molecule has 1 aliphatic heterocycles. The summed E-state index contributed by atoms with van der Waals surface area (Å²) in [4.78, 5) is 0. The Morgan fingerprint density at radius 1 is 1.25 bits per heavy atom. The van der Waals surface area contributed by atoms with Gasteiger partial charge in [-0.3, -0.25) is 0 Å². The number of hydrogen-bond donors (Lipinski definition) is 0. The van der Waals surface area contributed by atoms with Crippen molar-refractivity contribution >= 4 is 6.08 Å². The molecule has 1 aliphatic rings. The van der Waals surface area contributed by atoms with Gasteiger partial charge in [-0.25, -0.2) is 0 Å². The van der Waals surface area contributed by atoms with Crippen LogP contribution in [0.15, 0.2) is 18.2 Å². The highest BCUT2D eigenvalue weighted by Crippen LogP contribution is 2.38. The Hall–Kier alpha value is -1.68. The molecule has 0 saturated carbocycles. The molecule has 1 aromatic rings. The molecule has 0 atom stereocenters. The first-order valence-electron chi connectivity index (χ1n) is 4.98. The third-order valence-electron chi connectivity index (χ3n) is 2.29. The standard InChI is InChI=1S/C12H14O4/c1-13-5-3-4-9-6-11-12(16-8-15-11)7-10(9)14-2/h3-4,6-7H,5,8H2,1-2H3/b4-3+. The van der Waals surface area contributed by atoms with E-state index in [4.69, 9.17) is 18.9 Å². The summed E-state index contributed by atoms with van der Waals surface area (Å²) in [6.45, 7) is 0.835. The maximum Gasteiger partial charge on any atom is 0.231 e. The van der Waals surface area contributed by atoms with E-state index in [9.17, 15) is 0 Å². The smallest absolute Gasteiger partial charge is 0.231 e. The first kappa shape index (κ1) is 10.8. The Kier molecular flexibility index (Phi) is 3.31. The lowest BCUT2D eigenvalue weighted by Crippen LogP contribution is -1.92. The van der Waals surface area contributed by atoms with Crippen molar-refractivity contribution in [2.75, 3.05) is 27.6 Å². The van der Waals surface area contributed by atoms with Gasteiger partial charge in [0.2, 0.25) is 6.79 Å². The summed E-state index contributed by atoms with van der Waals surface area (Å²) in [5.41, 5.74) is 0.948. The van der Waals surface area contributed by atoms with E-state index >= 15 is 0 Å². The molecule has 1 aromatic carbocycles. The predicted molar refractivity (Wildman–Crippen MR) is 60.0 cm³/mol. The summed E-state index contributed by atoms with van der Waals surface area (Å²) in [5.74, 6) is 2.23. The van der Waals surface area contributed by atoms with Crippen molar-refractivity contribution in [2.45, 2.75) is 0 Å². The van der Waals surface area contributed by atoms with Crippen molar-refractivity contribution in [3.8, 4) is 17.2 Å². The van der Waals surface area contributed by atoms with Gasteiger partial charge >= 0.3 is 0 Å². The molecule has 0 aromatic heterocycles. The van der Waals surface area contributed by atoms with Gasteiger partial charge in [0.15, 0.2) is 11.5 Å². The second-order valence-corrected chi connectivity index (χ2v) is 3.31. The number of benzene rings is 1. The van der Waals surface area contributed by atoms with Gasteiger partial charge in [-0.2, -0.15) is 0 Å². The van der Waals surface area contributed by atoms with Crippen molar-refractivity contribution in [2.24, 2.45) is 0 Å². The van der Waals surface area contributed by atoms with Gasteiger partial charge in [-0.1, -0.05) is 12.2 Å². The molecule has 86 valence electrons. The molecule has 0 N–H and O–H groups in total. The van der Waals surface area contributed by atoms with Crippen LogP contribution in [0.2, 0.25) is 0 Å². The van der Waals surface area contributed by atoms with Gasteiger partial charge in [-0.05, 0) is 6.07 Å². The molecule has 0 aliphatic carbocycles. The Balaban J connectivity index is 2.28. The number of hydrogen-bond acceptors (Lipinski definition) is 4. The summed E-state index contributed by atoms with van der Waals surface area (Å²) < 4.78 is 20.8. The highest BCUT2D eigenvalue weighted by atomic mass is 16.7. The topological polar surface area (TPSA) is 36.9 Å². The molecule has 4 heteroatoms. The van der Waals surface area contributed by atoms with Gasteiger partial charge in [-0.15, -0.1) is 0 Å². The van der Waals surface area contributed by atoms with E-state index in [-0.39, 0.29) is 6.79 Å². The Labute approximate surface area is 94.4 Å². The summed E-state index contributed by atoms with van der Waals surface area (Å²) in [6.07, 6.45) is 3.85. The molecule has 16 heavy (non-hydrogen) atoms. The number of rotatable bonds is 4. The minimum Gasteiger partial charge on any atom is -0.496 e. The van der Waals surface area contributed by atoms with Crippen LogP contribution in [0.5, 0.6) is 17.2 Å². The highest BCUT2D eigenvalue weighted by molar-refractivity contribution is 5.64. The largest absolute Gasteiger partial charge is 0.496 e. The Morgan fingerprint density at radius 2 is 2.00 bits per heavy atom. The molecule has 0 fully saturated rings. The van der Waals surface area contributed by atoms with Crippen LogP contribution in [0.25, 0.3) is 6.08 Å². The maximum absolute atomic E-state index is 5.30. The zero-order valence-electron chi connectivity index (χ0n) is 9.36. The van der Waals surface area contributed by atoms with E-state index in [1.54, 1.807) is 14.2 Å². The minimum atomic E-state index is 0.268. The first-order valence-corrected chi connectivity index (χ1v) is 4.98. The van der Waals surface area contributed by atoms with E-state index < -0.39 is 0 Å². The van der Waals surface area contributed by atoms with Crippen LogP contribution in [0.1, 0.15) is 5.56 Å². The van der Waals surface area contributed by atoms with Gasteiger partial charge in [0.1, 0.15) is 5.75 Å². The number of ether oxygens (including phenoxy) is 4. The van der Waals surface area contributed by atoms with Crippen LogP contribution in [0.3, 0.4) is 0 Å². The highest BCUT2D eigenvalue weighted by Gasteiger charge is 2.16. The molecule has 0 saturated heterocycles. The molecule has 0 bridgehead atoms. The molecule has 2 rings (SSSR count). The van der Waals surface area contributed by atoms with Crippen LogP contribution in [0, 0.1) is 0 Å². The Bertz CT molecular complexity index is 398. The van der Waals surface area contributed by atoms with Crippen LogP contribution in [0.4, 0.5) is 0 Å². The van der Waals surface area contributed by atoms with Crippen LogP contribution >= 0.6 is 0 Å². The summed E-state index contributed by atoms with van der Waals surface area (Å²) in [7, 11) is 3.28. The average molecular weight is 222 g/mol.